The average Bonchev–Trinajstić information content (AvgIpc) is 2.37. The molecule has 0 N–H and O–H groups in total. The molecule has 5 heteroatoms. The number of ether oxygens (including phenoxy) is 1. The van der Waals surface area contributed by atoms with E-state index in [1.54, 1.807) is 0 Å². The molecular formula is C14H25N3O2. The van der Waals surface area contributed by atoms with E-state index in [0.29, 0.717) is 13.1 Å². The van der Waals surface area contributed by atoms with Crippen LogP contribution in [0.15, 0.2) is 0 Å². The van der Waals surface area contributed by atoms with E-state index in [1.807, 2.05) is 32.6 Å². The SMILES string of the molecule is CCC(C#N)N1CCN(C(=O)COC(C)(C)C)CC1. The van der Waals surface area contributed by atoms with Crippen molar-refractivity contribution in [3.05, 3.63) is 0 Å². The second-order valence-corrected chi connectivity index (χ2v) is 5.87. The standard InChI is InChI=1S/C14H25N3O2/c1-5-12(10-15)16-6-8-17(9-7-16)13(18)11-19-14(2,3)4/h12H,5-9,11H2,1-4H3. The summed E-state index contributed by atoms with van der Waals surface area (Å²) in [7, 11) is 0. The highest BCUT2D eigenvalue weighted by Gasteiger charge is 2.25. The van der Waals surface area contributed by atoms with Gasteiger partial charge in [-0.05, 0) is 27.2 Å². The molecule has 1 amide bonds. The van der Waals surface area contributed by atoms with Gasteiger partial charge in [0.15, 0.2) is 0 Å². The maximum atomic E-state index is 12.0. The quantitative estimate of drug-likeness (QED) is 0.769. The third-order valence-electron chi connectivity index (χ3n) is 3.27. The van der Waals surface area contributed by atoms with Crippen LogP contribution in [0.3, 0.4) is 0 Å². The topological polar surface area (TPSA) is 56.6 Å². The second kappa shape index (κ2) is 6.88. The number of hydrogen-bond acceptors (Lipinski definition) is 4. The predicted molar refractivity (Wildman–Crippen MR) is 73.6 cm³/mol. The molecule has 108 valence electrons. The van der Waals surface area contributed by atoms with Crippen LogP contribution in [0, 0.1) is 11.3 Å². The van der Waals surface area contributed by atoms with Crippen LogP contribution in [-0.2, 0) is 9.53 Å². The van der Waals surface area contributed by atoms with E-state index in [2.05, 4.69) is 11.0 Å². The average molecular weight is 267 g/mol. The predicted octanol–water partition coefficient (Wildman–Crippen LogP) is 1.25. The summed E-state index contributed by atoms with van der Waals surface area (Å²) in [5.41, 5.74) is -0.286. The third-order valence-corrected chi connectivity index (χ3v) is 3.27. The van der Waals surface area contributed by atoms with Crippen molar-refractivity contribution in [2.24, 2.45) is 0 Å². The molecule has 1 heterocycles. The van der Waals surface area contributed by atoms with E-state index in [0.717, 1.165) is 19.5 Å². The highest BCUT2D eigenvalue weighted by molar-refractivity contribution is 5.77. The highest BCUT2D eigenvalue weighted by Crippen LogP contribution is 2.11. The van der Waals surface area contributed by atoms with Gasteiger partial charge in [-0.2, -0.15) is 5.26 Å². The summed E-state index contributed by atoms with van der Waals surface area (Å²) in [4.78, 5) is 16.0. The van der Waals surface area contributed by atoms with E-state index in [-0.39, 0.29) is 24.2 Å². The Morgan fingerprint density at radius 2 is 1.89 bits per heavy atom. The van der Waals surface area contributed by atoms with Crippen LogP contribution in [-0.4, -0.2) is 60.1 Å². The summed E-state index contributed by atoms with van der Waals surface area (Å²) in [6.45, 7) is 10.9. The van der Waals surface area contributed by atoms with Crippen molar-refractivity contribution < 1.29 is 9.53 Å². The van der Waals surface area contributed by atoms with Crippen LogP contribution in [0.2, 0.25) is 0 Å². The number of hydrogen-bond donors (Lipinski definition) is 0. The van der Waals surface area contributed by atoms with Crippen LogP contribution in [0.25, 0.3) is 0 Å². The molecule has 1 aliphatic heterocycles. The Labute approximate surface area is 116 Å². The Hall–Kier alpha value is -1.12. The first kappa shape index (κ1) is 15.9. The number of nitrogens with zero attached hydrogens (tertiary/aromatic N) is 3. The van der Waals surface area contributed by atoms with E-state index in [4.69, 9.17) is 10.00 Å². The number of carbonyl (C=O) groups excluding carboxylic acids is 1. The lowest BCUT2D eigenvalue weighted by molar-refractivity contribution is -0.142. The monoisotopic (exact) mass is 267 g/mol. The van der Waals surface area contributed by atoms with Crippen LogP contribution in [0.5, 0.6) is 0 Å². The van der Waals surface area contributed by atoms with Crippen molar-refractivity contribution >= 4 is 5.91 Å². The van der Waals surface area contributed by atoms with Crippen LogP contribution in [0.1, 0.15) is 34.1 Å². The Bertz CT molecular complexity index is 336. The Morgan fingerprint density at radius 3 is 2.32 bits per heavy atom. The van der Waals surface area contributed by atoms with Gasteiger partial charge in [-0.25, -0.2) is 0 Å². The zero-order valence-electron chi connectivity index (χ0n) is 12.5. The molecule has 5 nitrogen and oxygen atoms in total. The van der Waals surface area contributed by atoms with Crippen molar-refractivity contribution in [1.29, 1.82) is 5.26 Å². The van der Waals surface area contributed by atoms with Crippen molar-refractivity contribution in [3.63, 3.8) is 0 Å². The Kier molecular flexibility index (Phi) is 5.77. The molecule has 19 heavy (non-hydrogen) atoms. The molecule has 1 rings (SSSR count). The fraction of sp³-hybridized carbons (Fsp3) is 0.857. The molecule has 0 aromatic heterocycles. The molecule has 0 aliphatic carbocycles. The molecule has 0 bridgehead atoms. The molecule has 1 atom stereocenters. The molecule has 1 aliphatic rings. The summed E-state index contributed by atoms with van der Waals surface area (Å²) < 4.78 is 5.50. The molecule has 0 aromatic carbocycles. The van der Waals surface area contributed by atoms with Gasteiger partial charge in [-0.15, -0.1) is 0 Å². The number of carbonyl (C=O) groups is 1. The summed E-state index contributed by atoms with van der Waals surface area (Å²) in [6.07, 6.45) is 0.831. The van der Waals surface area contributed by atoms with E-state index in [1.165, 1.54) is 0 Å². The summed E-state index contributed by atoms with van der Waals surface area (Å²) in [5.74, 6) is 0.0413. The second-order valence-electron chi connectivity index (χ2n) is 5.87. The zero-order chi connectivity index (χ0) is 14.5. The zero-order valence-corrected chi connectivity index (χ0v) is 12.5. The molecule has 0 spiro atoms. The normalized spacial score (nSPS) is 19.0. The Balaban J connectivity index is 2.37. The van der Waals surface area contributed by atoms with Gasteiger partial charge in [0.1, 0.15) is 6.61 Å². The minimum Gasteiger partial charge on any atom is -0.366 e. The van der Waals surface area contributed by atoms with Crippen LogP contribution >= 0.6 is 0 Å². The van der Waals surface area contributed by atoms with Crippen LogP contribution in [0.4, 0.5) is 0 Å². The maximum Gasteiger partial charge on any atom is 0.248 e. The van der Waals surface area contributed by atoms with E-state index in [9.17, 15) is 4.79 Å². The summed E-state index contributed by atoms with van der Waals surface area (Å²) in [6, 6.07) is 2.28. The number of amides is 1. The van der Waals surface area contributed by atoms with Gasteiger partial charge in [-0.1, -0.05) is 6.92 Å². The number of rotatable bonds is 4. The van der Waals surface area contributed by atoms with Crippen molar-refractivity contribution in [3.8, 4) is 6.07 Å². The summed E-state index contributed by atoms with van der Waals surface area (Å²) in [5, 5.41) is 9.03. The van der Waals surface area contributed by atoms with Gasteiger partial charge in [0.25, 0.3) is 0 Å². The molecule has 0 aromatic rings. The molecule has 1 saturated heterocycles. The molecule has 1 unspecified atom stereocenters. The first-order chi connectivity index (χ1) is 8.87. The lowest BCUT2D eigenvalue weighted by atomic mass is 10.2. The van der Waals surface area contributed by atoms with Gasteiger partial charge < -0.3 is 9.64 Å². The van der Waals surface area contributed by atoms with E-state index >= 15 is 0 Å². The van der Waals surface area contributed by atoms with Gasteiger partial charge in [-0.3, -0.25) is 9.69 Å². The number of piperazine rings is 1. The minimum absolute atomic E-state index is 0.0249. The fourth-order valence-corrected chi connectivity index (χ4v) is 2.08. The maximum absolute atomic E-state index is 12.0. The number of nitriles is 1. The lowest BCUT2D eigenvalue weighted by Crippen LogP contribution is -2.52. The smallest absolute Gasteiger partial charge is 0.248 e. The molecule has 0 saturated carbocycles. The molecular weight excluding hydrogens is 242 g/mol. The van der Waals surface area contributed by atoms with Crippen molar-refractivity contribution in [1.82, 2.24) is 9.80 Å². The first-order valence-electron chi connectivity index (χ1n) is 6.92. The van der Waals surface area contributed by atoms with Crippen molar-refractivity contribution in [2.45, 2.75) is 45.8 Å². The first-order valence-corrected chi connectivity index (χ1v) is 6.92. The fourth-order valence-electron chi connectivity index (χ4n) is 2.08. The van der Waals surface area contributed by atoms with Gasteiger partial charge in [0.05, 0.1) is 17.7 Å². The third kappa shape index (κ3) is 5.17. The van der Waals surface area contributed by atoms with Gasteiger partial charge in [0, 0.05) is 26.2 Å². The lowest BCUT2D eigenvalue weighted by Gasteiger charge is -2.37. The van der Waals surface area contributed by atoms with Gasteiger partial charge >= 0.3 is 0 Å². The van der Waals surface area contributed by atoms with E-state index < -0.39 is 0 Å². The Morgan fingerprint density at radius 1 is 1.32 bits per heavy atom. The molecule has 1 fully saturated rings. The largest absolute Gasteiger partial charge is 0.366 e. The van der Waals surface area contributed by atoms with Crippen LogP contribution < -0.4 is 0 Å². The minimum atomic E-state index is -0.286. The van der Waals surface area contributed by atoms with Crippen molar-refractivity contribution in [2.75, 3.05) is 32.8 Å². The highest BCUT2D eigenvalue weighted by atomic mass is 16.5. The van der Waals surface area contributed by atoms with Gasteiger partial charge in [0.2, 0.25) is 5.91 Å². The summed E-state index contributed by atoms with van der Waals surface area (Å²) >= 11 is 0. The molecule has 0 radical (unpaired) electrons.